The summed E-state index contributed by atoms with van der Waals surface area (Å²) in [5.74, 6) is -2.47. The molecular formula is C13H16FN3O4. The number of hydrogen-bond acceptors (Lipinski definition) is 5. The van der Waals surface area contributed by atoms with E-state index in [2.05, 4.69) is 4.90 Å². The average molecular weight is 297 g/mol. The first-order chi connectivity index (χ1) is 9.90. The normalized spacial score (nSPS) is 16.6. The van der Waals surface area contributed by atoms with Crippen molar-refractivity contribution in [1.82, 2.24) is 4.90 Å². The molecule has 1 aromatic rings. The lowest BCUT2D eigenvalue weighted by atomic mass is 10.1. The van der Waals surface area contributed by atoms with Crippen LogP contribution in [0.5, 0.6) is 0 Å². The van der Waals surface area contributed by atoms with Crippen LogP contribution in [0, 0.1) is 15.9 Å². The van der Waals surface area contributed by atoms with Crippen LogP contribution in [0.2, 0.25) is 0 Å². The number of nitrogens with zero attached hydrogens (tertiary/aromatic N) is 3. The summed E-state index contributed by atoms with van der Waals surface area (Å²) < 4.78 is 13.8. The van der Waals surface area contributed by atoms with Gasteiger partial charge in [0.1, 0.15) is 17.1 Å². The van der Waals surface area contributed by atoms with Gasteiger partial charge < -0.3 is 14.9 Å². The van der Waals surface area contributed by atoms with Gasteiger partial charge in [-0.15, -0.1) is 0 Å². The van der Waals surface area contributed by atoms with Crippen molar-refractivity contribution in [3.8, 4) is 0 Å². The van der Waals surface area contributed by atoms with Crippen LogP contribution in [0.1, 0.15) is 16.8 Å². The highest BCUT2D eigenvalue weighted by molar-refractivity contribution is 5.90. The van der Waals surface area contributed by atoms with Crippen LogP contribution >= 0.6 is 0 Å². The van der Waals surface area contributed by atoms with Crippen molar-refractivity contribution in [1.29, 1.82) is 0 Å². The van der Waals surface area contributed by atoms with Crippen molar-refractivity contribution in [2.45, 2.75) is 6.42 Å². The number of nitro groups is 1. The Morgan fingerprint density at radius 3 is 2.67 bits per heavy atom. The largest absolute Gasteiger partial charge is 0.478 e. The van der Waals surface area contributed by atoms with Crippen LogP contribution < -0.4 is 4.90 Å². The van der Waals surface area contributed by atoms with Gasteiger partial charge in [0, 0.05) is 31.8 Å². The third-order valence-electron chi connectivity index (χ3n) is 3.55. The van der Waals surface area contributed by atoms with Crippen molar-refractivity contribution >= 4 is 17.3 Å². The fourth-order valence-electron chi connectivity index (χ4n) is 2.40. The van der Waals surface area contributed by atoms with Crippen LogP contribution in [-0.2, 0) is 0 Å². The van der Waals surface area contributed by atoms with E-state index in [9.17, 15) is 19.3 Å². The quantitative estimate of drug-likeness (QED) is 0.673. The molecule has 0 radical (unpaired) electrons. The molecule has 21 heavy (non-hydrogen) atoms. The van der Waals surface area contributed by atoms with E-state index in [4.69, 9.17) is 5.11 Å². The van der Waals surface area contributed by atoms with Crippen LogP contribution in [0.4, 0.5) is 15.8 Å². The summed E-state index contributed by atoms with van der Waals surface area (Å²) in [4.78, 5) is 25.2. The second kappa shape index (κ2) is 6.04. The molecule has 1 aliphatic rings. The molecule has 1 aromatic carbocycles. The molecule has 0 saturated carbocycles. The van der Waals surface area contributed by atoms with Crippen LogP contribution in [0.25, 0.3) is 0 Å². The molecule has 114 valence electrons. The van der Waals surface area contributed by atoms with E-state index in [0.29, 0.717) is 19.6 Å². The smallest absolute Gasteiger partial charge is 0.338 e. The third kappa shape index (κ3) is 3.27. The number of rotatable bonds is 3. The molecule has 0 atom stereocenters. The van der Waals surface area contributed by atoms with Gasteiger partial charge in [0.15, 0.2) is 0 Å². The lowest BCUT2D eigenvalue weighted by Crippen LogP contribution is -2.29. The zero-order valence-electron chi connectivity index (χ0n) is 11.6. The van der Waals surface area contributed by atoms with Gasteiger partial charge >= 0.3 is 5.97 Å². The predicted octanol–water partition coefficient (Wildman–Crippen LogP) is 1.57. The lowest BCUT2D eigenvalue weighted by molar-refractivity contribution is -0.384. The minimum Gasteiger partial charge on any atom is -0.478 e. The first kappa shape index (κ1) is 15.2. The van der Waals surface area contributed by atoms with Crippen molar-refractivity contribution in [3.05, 3.63) is 33.6 Å². The number of carboxylic acid groups (broad SMARTS) is 1. The molecule has 8 heteroatoms. The van der Waals surface area contributed by atoms with Gasteiger partial charge in [-0.3, -0.25) is 10.1 Å². The van der Waals surface area contributed by atoms with Gasteiger partial charge in [0.2, 0.25) is 0 Å². The third-order valence-corrected chi connectivity index (χ3v) is 3.55. The fraction of sp³-hybridized carbons (Fsp3) is 0.462. The van der Waals surface area contributed by atoms with E-state index in [-0.39, 0.29) is 11.4 Å². The van der Waals surface area contributed by atoms with Crippen molar-refractivity contribution in [2.75, 3.05) is 38.1 Å². The number of likely N-dealkylation sites (N-methyl/N-ethyl adjacent to an activating group) is 1. The monoisotopic (exact) mass is 297 g/mol. The Morgan fingerprint density at radius 2 is 2.05 bits per heavy atom. The summed E-state index contributed by atoms with van der Waals surface area (Å²) in [6.45, 7) is 2.67. The second-order valence-corrected chi connectivity index (χ2v) is 5.03. The average Bonchev–Trinajstić information content (AvgIpc) is 2.62. The number of carboxylic acids is 1. The summed E-state index contributed by atoms with van der Waals surface area (Å²) in [6, 6.07) is 1.74. The van der Waals surface area contributed by atoms with Crippen LogP contribution in [0.3, 0.4) is 0 Å². The molecule has 2 rings (SSSR count). The topological polar surface area (TPSA) is 86.9 Å². The molecule has 1 aliphatic heterocycles. The standard InChI is InChI=1S/C13H16FN3O4/c1-15-3-2-4-16(6-5-15)11-8-10(14)9(13(18)19)7-12(11)17(20)21/h7-8H,2-6H2,1H3,(H,18,19). The SMILES string of the molecule is CN1CCCN(c2cc(F)c(C(=O)O)cc2[N+](=O)[O-])CC1. The first-order valence-corrected chi connectivity index (χ1v) is 6.55. The van der Waals surface area contributed by atoms with Gasteiger partial charge in [0.05, 0.1) is 4.92 Å². The van der Waals surface area contributed by atoms with Gasteiger partial charge in [-0.25, -0.2) is 9.18 Å². The van der Waals surface area contributed by atoms with Gasteiger partial charge in [0.25, 0.3) is 5.69 Å². The number of carbonyl (C=O) groups is 1. The lowest BCUT2D eigenvalue weighted by Gasteiger charge is -2.22. The molecule has 1 saturated heterocycles. The minimum absolute atomic E-state index is 0.137. The molecule has 0 aliphatic carbocycles. The van der Waals surface area contributed by atoms with Gasteiger partial charge in [-0.05, 0) is 20.0 Å². The zero-order valence-corrected chi connectivity index (χ0v) is 11.6. The van der Waals surface area contributed by atoms with E-state index in [1.807, 2.05) is 7.05 Å². The summed E-state index contributed by atoms with van der Waals surface area (Å²) in [7, 11) is 1.95. The van der Waals surface area contributed by atoms with Crippen molar-refractivity contribution in [2.24, 2.45) is 0 Å². The van der Waals surface area contributed by atoms with Crippen molar-refractivity contribution in [3.63, 3.8) is 0 Å². The summed E-state index contributed by atoms with van der Waals surface area (Å²) in [6.07, 6.45) is 0.802. The Labute approximate surface area is 120 Å². The molecule has 0 aromatic heterocycles. The molecule has 0 unspecified atom stereocenters. The Balaban J connectivity index is 2.44. The molecular weight excluding hydrogens is 281 g/mol. The highest BCUT2D eigenvalue weighted by Gasteiger charge is 2.26. The van der Waals surface area contributed by atoms with Gasteiger partial charge in [-0.2, -0.15) is 0 Å². The second-order valence-electron chi connectivity index (χ2n) is 5.03. The maximum absolute atomic E-state index is 13.8. The number of nitro benzene ring substituents is 1. The Bertz CT molecular complexity index is 579. The van der Waals surface area contributed by atoms with Gasteiger partial charge in [-0.1, -0.05) is 0 Å². The summed E-state index contributed by atoms with van der Waals surface area (Å²) >= 11 is 0. The number of halogens is 1. The van der Waals surface area contributed by atoms with Crippen LogP contribution in [-0.4, -0.2) is 54.1 Å². The molecule has 7 nitrogen and oxygen atoms in total. The Hall–Kier alpha value is -2.22. The number of benzene rings is 1. The van der Waals surface area contributed by atoms with E-state index in [0.717, 1.165) is 25.1 Å². The highest BCUT2D eigenvalue weighted by Crippen LogP contribution is 2.31. The number of anilines is 1. The Morgan fingerprint density at radius 1 is 1.33 bits per heavy atom. The molecule has 1 heterocycles. The maximum atomic E-state index is 13.8. The van der Waals surface area contributed by atoms with E-state index in [1.54, 1.807) is 4.90 Å². The fourth-order valence-corrected chi connectivity index (χ4v) is 2.40. The molecule has 1 N–H and O–H groups in total. The molecule has 0 spiro atoms. The summed E-state index contributed by atoms with van der Waals surface area (Å²) in [5, 5.41) is 20.0. The van der Waals surface area contributed by atoms with Crippen molar-refractivity contribution < 1.29 is 19.2 Å². The maximum Gasteiger partial charge on any atom is 0.338 e. The molecule has 0 amide bonds. The molecule has 0 bridgehead atoms. The zero-order chi connectivity index (χ0) is 15.6. The highest BCUT2D eigenvalue weighted by atomic mass is 19.1. The Kier molecular flexibility index (Phi) is 4.37. The van der Waals surface area contributed by atoms with E-state index >= 15 is 0 Å². The van der Waals surface area contributed by atoms with E-state index in [1.165, 1.54) is 0 Å². The molecule has 1 fully saturated rings. The number of aromatic carboxylic acids is 1. The summed E-state index contributed by atoms with van der Waals surface area (Å²) in [5.41, 5.74) is -0.923. The van der Waals surface area contributed by atoms with Crippen LogP contribution in [0.15, 0.2) is 12.1 Å². The van der Waals surface area contributed by atoms with E-state index < -0.39 is 22.3 Å². The number of hydrogen-bond donors (Lipinski definition) is 1. The predicted molar refractivity (Wildman–Crippen MR) is 74.3 cm³/mol. The first-order valence-electron chi connectivity index (χ1n) is 6.55. The minimum atomic E-state index is -1.52.